The van der Waals surface area contributed by atoms with Crippen LogP contribution in [0.15, 0.2) is 69.9 Å². The van der Waals surface area contributed by atoms with Crippen molar-refractivity contribution in [3.63, 3.8) is 0 Å². The van der Waals surface area contributed by atoms with Gasteiger partial charge in [0.2, 0.25) is 11.6 Å². The summed E-state index contributed by atoms with van der Waals surface area (Å²) in [5.41, 5.74) is 1.60. The lowest BCUT2D eigenvalue weighted by molar-refractivity contribution is 0.102. The van der Waals surface area contributed by atoms with Crippen LogP contribution < -0.4 is 25.2 Å². The molecule has 0 aliphatic carbocycles. The van der Waals surface area contributed by atoms with Crippen molar-refractivity contribution >= 4 is 22.5 Å². The van der Waals surface area contributed by atoms with Gasteiger partial charge in [0.15, 0.2) is 11.5 Å². The van der Waals surface area contributed by atoms with E-state index in [0.29, 0.717) is 45.0 Å². The van der Waals surface area contributed by atoms with Gasteiger partial charge in [-0.25, -0.2) is 9.78 Å². The predicted molar refractivity (Wildman–Crippen MR) is 120 cm³/mol. The highest BCUT2D eigenvalue weighted by molar-refractivity contribution is 6.05. The maximum absolute atomic E-state index is 12.8. The zero-order valence-electron chi connectivity index (χ0n) is 17.7. The molecule has 0 spiro atoms. The standard InChI is InChI=1S/C24H20N2O6/c1-29-19-12-15(13-20(30-2)21(19)31-3)22(27)25-16-10-8-14(9-11-16)23-26-18-7-5-4-6-17(18)24(28)32-23/h4-13H,1-3H3,(H,25,27). The van der Waals surface area contributed by atoms with Gasteiger partial charge in [0.25, 0.3) is 5.91 Å². The number of amides is 1. The Morgan fingerprint density at radius 2 is 1.56 bits per heavy atom. The molecule has 0 radical (unpaired) electrons. The molecular weight excluding hydrogens is 412 g/mol. The molecule has 1 N–H and O–H groups in total. The lowest BCUT2D eigenvalue weighted by Crippen LogP contribution is -2.12. The number of hydrogen-bond acceptors (Lipinski definition) is 7. The molecule has 0 saturated carbocycles. The Morgan fingerprint density at radius 1 is 0.906 bits per heavy atom. The van der Waals surface area contributed by atoms with Crippen LogP contribution in [0.25, 0.3) is 22.4 Å². The van der Waals surface area contributed by atoms with E-state index in [4.69, 9.17) is 18.6 Å². The highest BCUT2D eigenvalue weighted by Crippen LogP contribution is 2.38. The van der Waals surface area contributed by atoms with Crippen molar-refractivity contribution < 1.29 is 23.4 Å². The summed E-state index contributed by atoms with van der Waals surface area (Å²) in [6, 6.07) is 16.9. The third kappa shape index (κ3) is 3.98. The molecule has 3 aromatic carbocycles. The topological polar surface area (TPSA) is 99.9 Å². The summed E-state index contributed by atoms with van der Waals surface area (Å²) in [7, 11) is 4.46. The van der Waals surface area contributed by atoms with Gasteiger partial charge in [-0.1, -0.05) is 12.1 Å². The summed E-state index contributed by atoms with van der Waals surface area (Å²) < 4.78 is 21.2. The number of para-hydroxylation sites is 1. The van der Waals surface area contributed by atoms with Crippen molar-refractivity contribution in [2.75, 3.05) is 26.6 Å². The predicted octanol–water partition coefficient (Wildman–Crippen LogP) is 4.13. The lowest BCUT2D eigenvalue weighted by Gasteiger charge is -2.14. The summed E-state index contributed by atoms with van der Waals surface area (Å²) in [5, 5.41) is 3.24. The average molecular weight is 432 g/mol. The smallest absolute Gasteiger partial charge is 0.347 e. The Balaban J connectivity index is 1.58. The number of nitrogens with zero attached hydrogens (tertiary/aromatic N) is 1. The molecule has 0 fully saturated rings. The van der Waals surface area contributed by atoms with Crippen LogP contribution in [0.2, 0.25) is 0 Å². The maximum Gasteiger partial charge on any atom is 0.347 e. The molecule has 32 heavy (non-hydrogen) atoms. The van der Waals surface area contributed by atoms with Gasteiger partial charge in [0.05, 0.1) is 32.2 Å². The molecule has 8 nitrogen and oxygen atoms in total. The number of aromatic nitrogens is 1. The van der Waals surface area contributed by atoms with E-state index >= 15 is 0 Å². The number of hydrogen-bond donors (Lipinski definition) is 1. The minimum Gasteiger partial charge on any atom is -0.493 e. The molecule has 4 rings (SSSR count). The van der Waals surface area contributed by atoms with Crippen molar-refractivity contribution in [3.05, 3.63) is 76.6 Å². The van der Waals surface area contributed by atoms with Crippen molar-refractivity contribution in [1.29, 1.82) is 0 Å². The lowest BCUT2D eigenvalue weighted by atomic mass is 10.1. The van der Waals surface area contributed by atoms with E-state index in [2.05, 4.69) is 10.3 Å². The fraction of sp³-hybridized carbons (Fsp3) is 0.125. The highest BCUT2D eigenvalue weighted by Gasteiger charge is 2.17. The monoisotopic (exact) mass is 432 g/mol. The van der Waals surface area contributed by atoms with Crippen LogP contribution in [-0.2, 0) is 0 Å². The first-order valence-electron chi connectivity index (χ1n) is 9.65. The van der Waals surface area contributed by atoms with Crippen molar-refractivity contribution in [2.24, 2.45) is 0 Å². The molecule has 1 heterocycles. The van der Waals surface area contributed by atoms with Crippen molar-refractivity contribution in [3.8, 4) is 28.7 Å². The van der Waals surface area contributed by atoms with E-state index < -0.39 is 5.63 Å². The number of rotatable bonds is 6. The number of nitrogens with one attached hydrogen (secondary N) is 1. The average Bonchev–Trinajstić information content (AvgIpc) is 2.83. The van der Waals surface area contributed by atoms with Crippen LogP contribution in [0.1, 0.15) is 10.4 Å². The van der Waals surface area contributed by atoms with E-state index in [1.807, 2.05) is 0 Å². The molecular formula is C24H20N2O6. The molecule has 1 aromatic heterocycles. The first-order valence-corrected chi connectivity index (χ1v) is 9.65. The van der Waals surface area contributed by atoms with Crippen LogP contribution in [0.4, 0.5) is 5.69 Å². The number of carbonyl (C=O) groups is 1. The quantitative estimate of drug-likeness (QED) is 0.489. The van der Waals surface area contributed by atoms with Crippen LogP contribution in [0.5, 0.6) is 17.2 Å². The summed E-state index contributed by atoms with van der Waals surface area (Å²) in [6.45, 7) is 0. The Kier molecular flexibility index (Phi) is 5.76. The second-order valence-corrected chi connectivity index (χ2v) is 6.77. The van der Waals surface area contributed by atoms with Crippen LogP contribution in [0, 0.1) is 0 Å². The molecule has 0 atom stereocenters. The molecule has 0 aliphatic heterocycles. The third-order valence-electron chi connectivity index (χ3n) is 4.85. The molecule has 4 aromatic rings. The Hall–Kier alpha value is -4.33. The zero-order valence-corrected chi connectivity index (χ0v) is 17.7. The SMILES string of the molecule is COc1cc(C(=O)Nc2ccc(-c3nc4ccccc4c(=O)o3)cc2)cc(OC)c1OC. The van der Waals surface area contributed by atoms with Gasteiger partial charge in [0.1, 0.15) is 0 Å². The number of fused-ring (bicyclic) bond motifs is 1. The Bertz CT molecular complexity index is 1320. The van der Waals surface area contributed by atoms with Gasteiger partial charge in [-0.2, -0.15) is 0 Å². The summed E-state index contributed by atoms with van der Waals surface area (Å²) >= 11 is 0. The molecule has 0 unspecified atom stereocenters. The molecule has 8 heteroatoms. The first-order chi connectivity index (χ1) is 15.5. The second kappa shape index (κ2) is 8.81. The van der Waals surface area contributed by atoms with Gasteiger partial charge in [0, 0.05) is 16.8 Å². The zero-order chi connectivity index (χ0) is 22.7. The number of ether oxygens (including phenoxy) is 3. The fourth-order valence-electron chi connectivity index (χ4n) is 3.25. The van der Waals surface area contributed by atoms with E-state index in [1.54, 1.807) is 60.7 Å². The number of anilines is 1. The maximum atomic E-state index is 12.8. The van der Waals surface area contributed by atoms with E-state index in [-0.39, 0.29) is 11.8 Å². The molecule has 162 valence electrons. The Labute approximate surface area is 183 Å². The van der Waals surface area contributed by atoms with Crippen LogP contribution in [-0.4, -0.2) is 32.2 Å². The van der Waals surface area contributed by atoms with E-state index in [1.165, 1.54) is 21.3 Å². The molecule has 0 saturated heterocycles. The summed E-state index contributed by atoms with van der Waals surface area (Å²) in [5.74, 6) is 1.01. The highest BCUT2D eigenvalue weighted by atomic mass is 16.5. The third-order valence-corrected chi connectivity index (χ3v) is 4.85. The van der Waals surface area contributed by atoms with Crippen molar-refractivity contribution in [1.82, 2.24) is 4.98 Å². The van der Waals surface area contributed by atoms with Gasteiger partial charge in [-0.05, 0) is 48.5 Å². The van der Waals surface area contributed by atoms with Gasteiger partial charge in [-0.3, -0.25) is 4.79 Å². The molecule has 0 aliphatic rings. The molecule has 0 bridgehead atoms. The van der Waals surface area contributed by atoms with Crippen LogP contribution in [0.3, 0.4) is 0 Å². The van der Waals surface area contributed by atoms with Crippen molar-refractivity contribution in [2.45, 2.75) is 0 Å². The van der Waals surface area contributed by atoms with Gasteiger partial charge < -0.3 is 23.9 Å². The summed E-state index contributed by atoms with van der Waals surface area (Å²) in [4.78, 5) is 29.4. The number of carbonyl (C=O) groups excluding carboxylic acids is 1. The van der Waals surface area contributed by atoms with Gasteiger partial charge in [-0.15, -0.1) is 0 Å². The summed E-state index contributed by atoms with van der Waals surface area (Å²) in [6.07, 6.45) is 0. The minimum absolute atomic E-state index is 0.205. The largest absolute Gasteiger partial charge is 0.493 e. The number of benzene rings is 3. The van der Waals surface area contributed by atoms with Gasteiger partial charge >= 0.3 is 5.63 Å². The second-order valence-electron chi connectivity index (χ2n) is 6.77. The van der Waals surface area contributed by atoms with E-state index in [9.17, 15) is 9.59 Å². The molecule has 1 amide bonds. The van der Waals surface area contributed by atoms with Crippen LogP contribution >= 0.6 is 0 Å². The first kappa shape index (κ1) is 20.9. The Morgan fingerprint density at radius 3 is 2.19 bits per heavy atom. The number of methoxy groups -OCH3 is 3. The minimum atomic E-state index is -0.453. The normalized spacial score (nSPS) is 10.6. The van der Waals surface area contributed by atoms with E-state index in [0.717, 1.165) is 0 Å². The fourth-order valence-corrected chi connectivity index (χ4v) is 3.25.